The van der Waals surface area contributed by atoms with Gasteiger partial charge in [0.2, 0.25) is 0 Å². The number of carbonyl (C=O) groups excluding carboxylic acids is 1. The van der Waals surface area contributed by atoms with Crippen molar-refractivity contribution in [2.45, 2.75) is 6.92 Å². The van der Waals surface area contributed by atoms with Gasteiger partial charge < -0.3 is 0 Å². The molecule has 0 saturated heterocycles. The Bertz CT molecular complexity index is 226. The van der Waals surface area contributed by atoms with Gasteiger partial charge in [-0.2, -0.15) is 0 Å². The molecular formula is C8H7Cl2OZn. The van der Waals surface area contributed by atoms with E-state index < -0.39 is 15.1 Å². The van der Waals surface area contributed by atoms with Gasteiger partial charge in [-0.3, -0.25) is 4.79 Å². The van der Waals surface area contributed by atoms with E-state index in [9.17, 15) is 4.79 Å². The minimum atomic E-state index is -0.931. The number of Topliss-reactive ketones (excluding diaryl/α,β-unsaturated/α-hetero) is 1. The van der Waals surface area contributed by atoms with Crippen LogP contribution in [0.3, 0.4) is 0 Å². The quantitative estimate of drug-likeness (QED) is 0.557. The average molecular weight is 255 g/mol. The third kappa shape index (κ3) is 5.71. The molecule has 4 heteroatoms. The van der Waals surface area contributed by atoms with Crippen LogP contribution >= 0.6 is 19.4 Å². The predicted octanol–water partition coefficient (Wildman–Crippen LogP) is 3.07. The fraction of sp³-hybridized carbons (Fsp3) is 0.125. The average Bonchev–Trinajstić information content (AvgIpc) is 2.07. The molecule has 61 valence electrons. The fourth-order valence-corrected chi connectivity index (χ4v) is 0.622. The van der Waals surface area contributed by atoms with Gasteiger partial charge in [0.15, 0.2) is 5.78 Å². The summed E-state index contributed by atoms with van der Waals surface area (Å²) in [4.78, 5) is 10.6. The zero-order valence-corrected chi connectivity index (χ0v) is 11.2. The molecule has 1 rings (SSSR count). The first kappa shape index (κ1) is 12.1. The molecule has 0 aliphatic rings. The minimum absolute atomic E-state index is 0.101. The van der Waals surface area contributed by atoms with E-state index in [4.69, 9.17) is 19.4 Å². The van der Waals surface area contributed by atoms with Gasteiger partial charge in [-0.1, -0.05) is 24.3 Å². The van der Waals surface area contributed by atoms with Crippen molar-refractivity contribution in [3.63, 3.8) is 0 Å². The summed E-state index contributed by atoms with van der Waals surface area (Å²) >= 11 is -0.931. The zero-order valence-electron chi connectivity index (χ0n) is 6.68. The summed E-state index contributed by atoms with van der Waals surface area (Å²) in [5.74, 6) is 0.101. The number of halogens is 2. The second-order valence-electron chi connectivity index (χ2n) is 1.95. The van der Waals surface area contributed by atoms with E-state index in [0.717, 1.165) is 5.56 Å². The zero-order chi connectivity index (χ0) is 9.40. The molecule has 1 nitrogen and oxygen atoms in total. The maximum absolute atomic E-state index is 10.6. The van der Waals surface area contributed by atoms with Gasteiger partial charge >= 0.3 is 34.5 Å². The monoisotopic (exact) mass is 253 g/mol. The number of benzene rings is 1. The van der Waals surface area contributed by atoms with E-state index in [1.54, 1.807) is 31.2 Å². The SMILES string of the molecule is CC(=O)c1cc[c]cc1.[Cl][Zn][Cl]. The van der Waals surface area contributed by atoms with Crippen LogP contribution in [0.25, 0.3) is 0 Å². The van der Waals surface area contributed by atoms with Crippen LogP contribution in [0.1, 0.15) is 17.3 Å². The van der Waals surface area contributed by atoms with Crippen LogP contribution in [0.2, 0.25) is 0 Å². The summed E-state index contributed by atoms with van der Waals surface area (Å²) in [6.07, 6.45) is 0. The molecule has 0 atom stereocenters. The van der Waals surface area contributed by atoms with E-state index in [0.29, 0.717) is 0 Å². The van der Waals surface area contributed by atoms with Crippen molar-refractivity contribution in [3.8, 4) is 0 Å². The van der Waals surface area contributed by atoms with Crippen LogP contribution in [0, 0.1) is 6.07 Å². The molecule has 0 aliphatic carbocycles. The van der Waals surface area contributed by atoms with Gasteiger partial charge in [0, 0.05) is 5.56 Å². The first-order chi connectivity index (χ1) is 5.72. The molecule has 0 aliphatic heterocycles. The molecule has 1 aromatic rings. The molecular weight excluding hydrogens is 248 g/mol. The maximum atomic E-state index is 10.6. The van der Waals surface area contributed by atoms with Gasteiger partial charge in [-0.15, -0.1) is 0 Å². The first-order valence-electron chi connectivity index (χ1n) is 3.31. The van der Waals surface area contributed by atoms with Crippen LogP contribution < -0.4 is 0 Å². The van der Waals surface area contributed by atoms with Gasteiger partial charge in [0.25, 0.3) is 0 Å². The number of hydrogen-bond donors (Lipinski definition) is 0. The van der Waals surface area contributed by atoms with Crippen LogP contribution in [-0.4, -0.2) is 5.78 Å². The summed E-state index contributed by atoms with van der Waals surface area (Å²) in [7, 11) is 9.90. The Morgan fingerprint density at radius 2 is 1.83 bits per heavy atom. The normalized spacial score (nSPS) is 7.58. The molecule has 0 bridgehead atoms. The number of carbonyl (C=O) groups is 1. The van der Waals surface area contributed by atoms with E-state index in [1.165, 1.54) is 0 Å². The summed E-state index contributed by atoms with van der Waals surface area (Å²) in [5, 5.41) is 0. The van der Waals surface area contributed by atoms with Crippen LogP contribution in [0.5, 0.6) is 0 Å². The number of rotatable bonds is 1. The number of hydrogen-bond acceptors (Lipinski definition) is 1. The van der Waals surface area contributed by atoms with Crippen molar-refractivity contribution in [2.75, 3.05) is 0 Å². The molecule has 0 unspecified atom stereocenters. The fourth-order valence-electron chi connectivity index (χ4n) is 0.622. The predicted molar refractivity (Wildman–Crippen MR) is 47.0 cm³/mol. The van der Waals surface area contributed by atoms with Gasteiger partial charge in [-0.25, -0.2) is 0 Å². The van der Waals surface area contributed by atoms with Crippen molar-refractivity contribution in [1.82, 2.24) is 0 Å². The van der Waals surface area contributed by atoms with Crippen LogP contribution in [0.4, 0.5) is 0 Å². The first-order valence-corrected chi connectivity index (χ1v) is 11.1. The standard InChI is InChI=1S/C8H7O.2ClH.Zn/c1-7(9)8-5-3-2-4-6-8;;;/h3-6H,1H3;2*1H;/q;;;+2/p-2. The van der Waals surface area contributed by atoms with Crippen molar-refractivity contribution >= 4 is 25.2 Å². The molecule has 0 heterocycles. The third-order valence-corrected chi connectivity index (χ3v) is 1.12. The van der Waals surface area contributed by atoms with Gasteiger partial charge in [0.1, 0.15) is 0 Å². The molecule has 0 spiro atoms. The van der Waals surface area contributed by atoms with E-state index in [-0.39, 0.29) is 5.78 Å². The van der Waals surface area contributed by atoms with Crippen LogP contribution in [-0.2, 0) is 15.1 Å². The summed E-state index contributed by atoms with van der Waals surface area (Å²) in [6, 6.07) is 9.81. The summed E-state index contributed by atoms with van der Waals surface area (Å²) in [5.41, 5.74) is 0.744. The molecule has 0 N–H and O–H groups in total. The molecule has 0 aromatic heterocycles. The Morgan fingerprint density at radius 3 is 2.08 bits per heavy atom. The second-order valence-corrected chi connectivity index (χ2v) is 6.57. The molecule has 0 saturated carbocycles. The summed E-state index contributed by atoms with van der Waals surface area (Å²) < 4.78 is 0. The topological polar surface area (TPSA) is 17.1 Å². The van der Waals surface area contributed by atoms with Gasteiger partial charge in [-0.05, 0) is 13.0 Å². The van der Waals surface area contributed by atoms with Crippen LogP contribution in [0.15, 0.2) is 24.3 Å². The molecule has 1 aromatic carbocycles. The van der Waals surface area contributed by atoms with Crippen molar-refractivity contribution in [3.05, 3.63) is 35.9 Å². The third-order valence-electron chi connectivity index (χ3n) is 1.12. The molecule has 0 fully saturated rings. The van der Waals surface area contributed by atoms with Crippen molar-refractivity contribution in [2.24, 2.45) is 0 Å². The Kier molecular flexibility index (Phi) is 7.79. The van der Waals surface area contributed by atoms with E-state index >= 15 is 0 Å². The Balaban J connectivity index is 0.000000354. The van der Waals surface area contributed by atoms with Gasteiger partial charge in [0.05, 0.1) is 0 Å². The Hall–Kier alpha value is 0.0934. The Labute approximate surface area is 87.7 Å². The molecule has 1 radical (unpaired) electrons. The van der Waals surface area contributed by atoms with Crippen molar-refractivity contribution < 1.29 is 19.9 Å². The molecule has 12 heavy (non-hydrogen) atoms. The molecule has 0 amide bonds. The number of ketones is 1. The van der Waals surface area contributed by atoms with Crippen molar-refractivity contribution in [1.29, 1.82) is 0 Å². The summed E-state index contributed by atoms with van der Waals surface area (Å²) in [6.45, 7) is 1.55. The van der Waals surface area contributed by atoms with E-state index in [1.807, 2.05) is 0 Å². The van der Waals surface area contributed by atoms with E-state index in [2.05, 4.69) is 6.07 Å². The Morgan fingerprint density at radius 1 is 1.42 bits per heavy atom. The second kappa shape index (κ2) is 7.73.